The van der Waals surface area contributed by atoms with E-state index in [9.17, 15) is 18.4 Å². The van der Waals surface area contributed by atoms with Crippen LogP contribution in [0.2, 0.25) is 0 Å². The van der Waals surface area contributed by atoms with Crippen LogP contribution in [-0.4, -0.2) is 23.3 Å². The molecule has 0 fully saturated rings. The van der Waals surface area contributed by atoms with Crippen molar-refractivity contribution < 1.29 is 18.4 Å². The molecular formula is C21H17F2N3O2. The third-order valence-electron chi connectivity index (χ3n) is 3.96. The van der Waals surface area contributed by atoms with Gasteiger partial charge in [0, 0.05) is 24.6 Å². The topological polar surface area (TPSA) is 71.1 Å². The van der Waals surface area contributed by atoms with Crippen molar-refractivity contribution in [3.63, 3.8) is 0 Å². The summed E-state index contributed by atoms with van der Waals surface area (Å²) in [6.45, 7) is 0.351. The number of nitrogens with one attached hydrogen (secondary N) is 2. The summed E-state index contributed by atoms with van der Waals surface area (Å²) in [5.41, 5.74) is 1.60. The van der Waals surface area contributed by atoms with Crippen LogP contribution in [0.15, 0.2) is 67.0 Å². The van der Waals surface area contributed by atoms with Crippen LogP contribution in [0.4, 0.5) is 14.5 Å². The molecule has 5 nitrogen and oxygen atoms in total. The zero-order valence-corrected chi connectivity index (χ0v) is 14.8. The number of nitrogens with zero attached hydrogens (tertiary/aromatic N) is 1. The van der Waals surface area contributed by atoms with E-state index in [0.29, 0.717) is 18.7 Å². The summed E-state index contributed by atoms with van der Waals surface area (Å²) in [5.74, 6) is -1.66. The van der Waals surface area contributed by atoms with Gasteiger partial charge in [0.15, 0.2) is 0 Å². The molecule has 3 aromatic rings. The minimum atomic E-state index is -0.501. The Morgan fingerprint density at radius 3 is 2.29 bits per heavy atom. The third-order valence-corrected chi connectivity index (χ3v) is 3.96. The van der Waals surface area contributed by atoms with Crippen molar-refractivity contribution >= 4 is 17.5 Å². The SMILES string of the molecule is O=C(NCCc1ccc(F)cc1)c1cncc(C(=O)Nc2cccc(F)c2)c1. The number of anilines is 1. The monoisotopic (exact) mass is 381 g/mol. The third kappa shape index (κ3) is 5.20. The molecule has 2 N–H and O–H groups in total. The Labute approximate surface area is 160 Å². The maximum Gasteiger partial charge on any atom is 0.257 e. The summed E-state index contributed by atoms with van der Waals surface area (Å²) < 4.78 is 26.1. The largest absolute Gasteiger partial charge is 0.352 e. The molecule has 142 valence electrons. The Bertz CT molecular complexity index is 991. The lowest BCUT2D eigenvalue weighted by Crippen LogP contribution is -2.26. The fraction of sp³-hybridized carbons (Fsp3) is 0.0952. The number of halogens is 2. The lowest BCUT2D eigenvalue weighted by atomic mass is 10.1. The molecule has 0 aliphatic heterocycles. The minimum absolute atomic E-state index is 0.176. The molecule has 0 aliphatic carbocycles. The highest BCUT2D eigenvalue weighted by atomic mass is 19.1. The standard InChI is InChI=1S/C21H17F2N3O2/c22-17-6-4-14(5-7-17)8-9-25-20(27)15-10-16(13-24-12-15)21(28)26-19-3-1-2-18(23)11-19/h1-7,10-13H,8-9H2,(H,25,27)(H,26,28). The van der Waals surface area contributed by atoms with Gasteiger partial charge in [-0.3, -0.25) is 14.6 Å². The number of amides is 2. The average molecular weight is 381 g/mol. The number of rotatable bonds is 6. The maximum absolute atomic E-state index is 13.2. The quantitative estimate of drug-likeness (QED) is 0.686. The van der Waals surface area contributed by atoms with E-state index in [1.165, 1.54) is 48.8 Å². The number of carbonyl (C=O) groups is 2. The van der Waals surface area contributed by atoms with Gasteiger partial charge in [0.2, 0.25) is 0 Å². The number of benzene rings is 2. The first-order valence-electron chi connectivity index (χ1n) is 8.56. The van der Waals surface area contributed by atoms with Crippen LogP contribution >= 0.6 is 0 Å². The number of aromatic nitrogens is 1. The summed E-state index contributed by atoms with van der Waals surface area (Å²) >= 11 is 0. The smallest absolute Gasteiger partial charge is 0.257 e. The van der Waals surface area contributed by atoms with E-state index >= 15 is 0 Å². The van der Waals surface area contributed by atoms with Crippen molar-refractivity contribution in [2.24, 2.45) is 0 Å². The van der Waals surface area contributed by atoms with Gasteiger partial charge in [-0.1, -0.05) is 18.2 Å². The number of carbonyl (C=O) groups excluding carboxylic acids is 2. The number of hydrogen-bond donors (Lipinski definition) is 2. The predicted octanol–water partition coefficient (Wildman–Crippen LogP) is 3.58. The molecule has 1 heterocycles. The van der Waals surface area contributed by atoms with Crippen molar-refractivity contribution in [1.29, 1.82) is 0 Å². The fourth-order valence-corrected chi connectivity index (χ4v) is 2.53. The van der Waals surface area contributed by atoms with Gasteiger partial charge >= 0.3 is 0 Å². The molecule has 3 rings (SSSR count). The molecule has 0 saturated heterocycles. The summed E-state index contributed by atoms with van der Waals surface area (Å²) in [6, 6.07) is 12.9. The van der Waals surface area contributed by atoms with Gasteiger partial charge in [-0.15, -0.1) is 0 Å². The second kappa shape index (κ2) is 8.85. The first kappa shape index (κ1) is 19.2. The molecule has 28 heavy (non-hydrogen) atoms. The molecule has 0 spiro atoms. The first-order valence-corrected chi connectivity index (χ1v) is 8.56. The van der Waals surface area contributed by atoms with Crippen molar-refractivity contribution in [3.05, 3.63) is 95.3 Å². The minimum Gasteiger partial charge on any atom is -0.352 e. The van der Waals surface area contributed by atoms with Gasteiger partial charge in [0.1, 0.15) is 11.6 Å². The maximum atomic E-state index is 13.2. The Balaban J connectivity index is 1.59. The number of hydrogen-bond acceptors (Lipinski definition) is 3. The second-order valence-electron chi connectivity index (χ2n) is 6.06. The van der Waals surface area contributed by atoms with E-state index in [0.717, 1.165) is 5.56 Å². The highest BCUT2D eigenvalue weighted by Crippen LogP contribution is 2.12. The zero-order chi connectivity index (χ0) is 19.9. The molecule has 0 saturated carbocycles. The molecule has 0 unspecified atom stereocenters. The summed E-state index contributed by atoms with van der Waals surface area (Å²) in [7, 11) is 0. The van der Waals surface area contributed by atoms with Gasteiger partial charge in [-0.25, -0.2) is 8.78 Å². The van der Waals surface area contributed by atoms with E-state index in [2.05, 4.69) is 15.6 Å². The molecule has 7 heteroatoms. The van der Waals surface area contributed by atoms with Gasteiger partial charge < -0.3 is 10.6 Å². The van der Waals surface area contributed by atoms with Gasteiger partial charge in [0.05, 0.1) is 11.1 Å². The van der Waals surface area contributed by atoms with Gasteiger partial charge in [0.25, 0.3) is 11.8 Å². The van der Waals surface area contributed by atoms with E-state index < -0.39 is 11.7 Å². The zero-order valence-electron chi connectivity index (χ0n) is 14.8. The molecule has 0 bridgehead atoms. The van der Waals surface area contributed by atoms with Crippen molar-refractivity contribution in [2.75, 3.05) is 11.9 Å². The Kier molecular flexibility index (Phi) is 6.06. The fourth-order valence-electron chi connectivity index (χ4n) is 2.53. The van der Waals surface area contributed by atoms with E-state index in [4.69, 9.17) is 0 Å². The van der Waals surface area contributed by atoms with Crippen molar-refractivity contribution in [2.45, 2.75) is 6.42 Å². The molecular weight excluding hydrogens is 364 g/mol. The Morgan fingerprint density at radius 1 is 0.857 bits per heavy atom. The summed E-state index contributed by atoms with van der Waals surface area (Å²) in [6.07, 6.45) is 3.22. The molecule has 0 aliphatic rings. The first-order chi connectivity index (χ1) is 13.5. The molecule has 0 radical (unpaired) electrons. The van der Waals surface area contributed by atoms with Crippen LogP contribution < -0.4 is 10.6 Å². The van der Waals surface area contributed by atoms with E-state index in [1.807, 2.05) is 0 Å². The van der Waals surface area contributed by atoms with Crippen LogP contribution in [0.1, 0.15) is 26.3 Å². The van der Waals surface area contributed by atoms with Crippen molar-refractivity contribution in [3.8, 4) is 0 Å². The molecule has 2 aromatic carbocycles. The summed E-state index contributed by atoms with van der Waals surface area (Å²) in [5, 5.41) is 5.28. The molecule has 0 atom stereocenters. The van der Waals surface area contributed by atoms with Crippen LogP contribution in [0.3, 0.4) is 0 Å². The van der Waals surface area contributed by atoms with Crippen LogP contribution in [0.5, 0.6) is 0 Å². The lowest BCUT2D eigenvalue weighted by Gasteiger charge is -2.08. The van der Waals surface area contributed by atoms with E-state index in [1.54, 1.807) is 18.2 Å². The molecule has 2 amide bonds. The lowest BCUT2D eigenvalue weighted by molar-refractivity contribution is 0.0953. The number of pyridine rings is 1. The average Bonchev–Trinajstić information content (AvgIpc) is 2.69. The van der Waals surface area contributed by atoms with Crippen LogP contribution in [-0.2, 0) is 6.42 Å². The van der Waals surface area contributed by atoms with E-state index in [-0.39, 0.29) is 22.9 Å². The Hall–Kier alpha value is -3.61. The normalized spacial score (nSPS) is 10.4. The van der Waals surface area contributed by atoms with Crippen LogP contribution in [0.25, 0.3) is 0 Å². The highest BCUT2D eigenvalue weighted by Gasteiger charge is 2.12. The Morgan fingerprint density at radius 2 is 1.57 bits per heavy atom. The van der Waals surface area contributed by atoms with Crippen molar-refractivity contribution in [1.82, 2.24) is 10.3 Å². The molecule has 1 aromatic heterocycles. The van der Waals surface area contributed by atoms with Crippen LogP contribution in [0, 0.1) is 11.6 Å². The highest BCUT2D eigenvalue weighted by molar-refractivity contribution is 6.05. The van der Waals surface area contributed by atoms with Gasteiger partial charge in [-0.05, 0) is 48.4 Å². The summed E-state index contributed by atoms with van der Waals surface area (Å²) in [4.78, 5) is 28.5. The van der Waals surface area contributed by atoms with Gasteiger partial charge in [-0.2, -0.15) is 0 Å². The predicted molar refractivity (Wildman–Crippen MR) is 101 cm³/mol. The second-order valence-corrected chi connectivity index (χ2v) is 6.06.